The number of alkyl halides is 3. The number of hydrogen-bond acceptors (Lipinski definition) is 5. The van der Waals surface area contributed by atoms with Crippen LogP contribution in [0.1, 0.15) is 49.9 Å². The smallest absolute Gasteiger partial charge is 0.383 e. The predicted molar refractivity (Wildman–Crippen MR) is 115 cm³/mol. The molecule has 2 aliphatic carbocycles. The third kappa shape index (κ3) is 3.79. The Morgan fingerprint density at radius 3 is 2.47 bits per heavy atom. The highest BCUT2D eigenvalue weighted by atomic mass is 19.4. The first-order valence-corrected chi connectivity index (χ1v) is 11.3. The average molecular weight is 450 g/mol. The van der Waals surface area contributed by atoms with Gasteiger partial charge in [-0.25, -0.2) is 4.98 Å². The average Bonchev–Trinajstić information content (AvgIpc) is 3.06. The quantitative estimate of drug-likeness (QED) is 0.716. The van der Waals surface area contributed by atoms with Crippen molar-refractivity contribution in [3.8, 4) is 11.3 Å². The fourth-order valence-electron chi connectivity index (χ4n) is 5.61. The van der Waals surface area contributed by atoms with Gasteiger partial charge in [0.15, 0.2) is 0 Å². The van der Waals surface area contributed by atoms with Gasteiger partial charge in [0.05, 0.1) is 24.5 Å². The zero-order valence-electron chi connectivity index (χ0n) is 18.6. The summed E-state index contributed by atoms with van der Waals surface area (Å²) in [4.78, 5) is 6.27. The van der Waals surface area contributed by atoms with E-state index in [9.17, 15) is 13.2 Å². The Balaban J connectivity index is 1.35. The van der Waals surface area contributed by atoms with E-state index >= 15 is 0 Å². The van der Waals surface area contributed by atoms with Crippen LogP contribution in [-0.2, 0) is 10.9 Å². The number of rotatable bonds is 6. The van der Waals surface area contributed by atoms with Crippen molar-refractivity contribution in [3.05, 3.63) is 29.6 Å². The van der Waals surface area contributed by atoms with Gasteiger partial charge in [-0.1, -0.05) is 0 Å². The van der Waals surface area contributed by atoms with Gasteiger partial charge in [-0.3, -0.25) is 4.68 Å². The topological polar surface area (TPSA) is 69.2 Å². The van der Waals surface area contributed by atoms with Crippen LogP contribution in [0.25, 0.3) is 11.3 Å². The molecule has 5 rings (SSSR count). The van der Waals surface area contributed by atoms with Crippen LogP contribution in [0.4, 0.5) is 19.0 Å². The van der Waals surface area contributed by atoms with Crippen LogP contribution >= 0.6 is 0 Å². The SMILES string of the molecule is CC(C)n1nc(-c2cnc(N)c(C(F)(F)F)c2)cc1C1[C@H]2CC(N(C)CC3COC3)C[C@@H]12. The van der Waals surface area contributed by atoms with Crippen molar-refractivity contribution in [2.75, 3.05) is 32.5 Å². The molecule has 0 radical (unpaired) electrons. The Morgan fingerprint density at radius 2 is 1.91 bits per heavy atom. The zero-order chi connectivity index (χ0) is 22.8. The molecule has 2 N–H and O–H groups in total. The Kier molecular flexibility index (Phi) is 5.24. The zero-order valence-corrected chi connectivity index (χ0v) is 18.6. The molecule has 0 aromatic carbocycles. The first kappa shape index (κ1) is 21.7. The minimum atomic E-state index is -4.54. The number of nitrogens with zero attached hydrogens (tertiary/aromatic N) is 4. The number of hydrogen-bond donors (Lipinski definition) is 1. The van der Waals surface area contributed by atoms with Crippen molar-refractivity contribution >= 4 is 5.82 Å². The molecule has 2 unspecified atom stereocenters. The highest BCUT2D eigenvalue weighted by Gasteiger charge is 2.58. The van der Waals surface area contributed by atoms with Crippen LogP contribution in [0.15, 0.2) is 18.3 Å². The second-order valence-electron chi connectivity index (χ2n) is 9.97. The van der Waals surface area contributed by atoms with E-state index in [4.69, 9.17) is 10.5 Å². The van der Waals surface area contributed by atoms with Crippen molar-refractivity contribution in [2.24, 2.45) is 17.8 Å². The molecule has 1 aliphatic heterocycles. The molecule has 174 valence electrons. The number of anilines is 1. The molecule has 3 fully saturated rings. The summed E-state index contributed by atoms with van der Waals surface area (Å²) in [6, 6.07) is 3.75. The number of ether oxygens (including phenoxy) is 1. The molecule has 9 heteroatoms. The summed E-state index contributed by atoms with van der Waals surface area (Å²) < 4.78 is 47.2. The van der Waals surface area contributed by atoms with Crippen LogP contribution < -0.4 is 5.73 Å². The first-order chi connectivity index (χ1) is 15.1. The van der Waals surface area contributed by atoms with Gasteiger partial charge in [0.25, 0.3) is 0 Å². The third-order valence-corrected chi connectivity index (χ3v) is 7.41. The summed E-state index contributed by atoms with van der Waals surface area (Å²) in [7, 11) is 2.21. The van der Waals surface area contributed by atoms with Crippen LogP contribution in [0.2, 0.25) is 0 Å². The van der Waals surface area contributed by atoms with Crippen molar-refractivity contribution in [1.29, 1.82) is 0 Å². The summed E-state index contributed by atoms with van der Waals surface area (Å²) in [6.45, 7) is 6.95. The Labute approximate surface area is 185 Å². The van der Waals surface area contributed by atoms with Gasteiger partial charge in [0, 0.05) is 47.9 Å². The van der Waals surface area contributed by atoms with Crippen LogP contribution in [0.3, 0.4) is 0 Å². The maximum absolute atomic E-state index is 13.3. The van der Waals surface area contributed by atoms with Crippen LogP contribution in [0, 0.1) is 17.8 Å². The third-order valence-electron chi connectivity index (χ3n) is 7.41. The van der Waals surface area contributed by atoms with Gasteiger partial charge in [-0.05, 0) is 57.7 Å². The van der Waals surface area contributed by atoms with Gasteiger partial charge < -0.3 is 15.4 Å². The lowest BCUT2D eigenvalue weighted by atomic mass is 10.0. The summed E-state index contributed by atoms with van der Waals surface area (Å²) in [5.74, 6) is 1.83. The molecule has 2 saturated carbocycles. The number of fused-ring (bicyclic) bond motifs is 1. The number of nitrogen functional groups attached to an aromatic ring is 1. The van der Waals surface area contributed by atoms with Crippen molar-refractivity contribution in [3.63, 3.8) is 0 Å². The van der Waals surface area contributed by atoms with Gasteiger partial charge in [-0.15, -0.1) is 0 Å². The van der Waals surface area contributed by atoms with E-state index in [1.165, 1.54) is 19.0 Å². The van der Waals surface area contributed by atoms with Gasteiger partial charge in [-0.2, -0.15) is 18.3 Å². The summed E-state index contributed by atoms with van der Waals surface area (Å²) >= 11 is 0. The lowest BCUT2D eigenvalue weighted by molar-refractivity contribution is -0.137. The molecule has 32 heavy (non-hydrogen) atoms. The molecule has 4 atom stereocenters. The summed E-state index contributed by atoms with van der Waals surface area (Å²) in [6.07, 6.45) is -0.833. The van der Waals surface area contributed by atoms with Gasteiger partial charge >= 0.3 is 6.18 Å². The van der Waals surface area contributed by atoms with Crippen LogP contribution in [-0.4, -0.2) is 52.5 Å². The van der Waals surface area contributed by atoms with E-state index in [2.05, 4.69) is 35.9 Å². The molecule has 3 heterocycles. The van der Waals surface area contributed by atoms with Crippen molar-refractivity contribution in [1.82, 2.24) is 19.7 Å². The van der Waals surface area contributed by atoms with Crippen molar-refractivity contribution < 1.29 is 17.9 Å². The standard InChI is InChI=1S/C23H30F3N5O/c1-12(2)31-20(7-19(29-31)14-4-18(23(24,25)26)22(27)28-8-14)21-16-5-15(6-17(16)21)30(3)9-13-10-32-11-13/h4,7-8,12-13,15-17,21H,5-6,9-11H2,1-3H3,(H2,27,28)/t15?,16-,17+,21?. The molecule has 2 aromatic heterocycles. The van der Waals surface area contributed by atoms with E-state index in [0.29, 0.717) is 41.0 Å². The summed E-state index contributed by atoms with van der Waals surface area (Å²) in [5, 5.41) is 4.68. The maximum atomic E-state index is 13.3. The number of halogens is 3. The maximum Gasteiger partial charge on any atom is 0.419 e. The Morgan fingerprint density at radius 1 is 1.22 bits per heavy atom. The van der Waals surface area contributed by atoms with E-state index in [0.717, 1.165) is 31.5 Å². The predicted octanol–water partition coefficient (Wildman–Crippen LogP) is 4.20. The second-order valence-corrected chi connectivity index (χ2v) is 9.97. The normalized spacial score (nSPS) is 27.8. The number of nitrogens with two attached hydrogens (primary N) is 1. The minimum Gasteiger partial charge on any atom is -0.383 e. The molecular weight excluding hydrogens is 419 g/mol. The lowest BCUT2D eigenvalue weighted by Crippen LogP contribution is -2.42. The van der Waals surface area contributed by atoms with Crippen molar-refractivity contribution in [2.45, 2.75) is 50.9 Å². The van der Waals surface area contributed by atoms with Gasteiger partial charge in [0.1, 0.15) is 5.82 Å². The van der Waals surface area contributed by atoms with Crippen LogP contribution in [0.5, 0.6) is 0 Å². The summed E-state index contributed by atoms with van der Waals surface area (Å²) in [5.41, 5.74) is 6.55. The highest BCUT2D eigenvalue weighted by molar-refractivity contribution is 5.63. The molecule has 3 aliphatic rings. The minimum absolute atomic E-state index is 0.126. The number of pyridine rings is 1. The molecule has 6 nitrogen and oxygen atoms in total. The molecule has 0 amide bonds. The fraction of sp³-hybridized carbons (Fsp3) is 0.652. The Hall–Kier alpha value is -2.13. The highest BCUT2D eigenvalue weighted by Crippen LogP contribution is 2.64. The molecular formula is C23H30F3N5O. The second kappa shape index (κ2) is 7.73. The van der Waals surface area contributed by atoms with E-state index in [1.54, 1.807) is 0 Å². The lowest BCUT2D eigenvalue weighted by Gasteiger charge is -2.34. The largest absolute Gasteiger partial charge is 0.419 e. The molecule has 0 spiro atoms. The Bertz CT molecular complexity index is 988. The van der Waals surface area contributed by atoms with E-state index < -0.39 is 17.6 Å². The monoisotopic (exact) mass is 449 g/mol. The first-order valence-electron chi connectivity index (χ1n) is 11.3. The molecule has 2 aromatic rings. The van der Waals surface area contributed by atoms with Gasteiger partial charge in [0.2, 0.25) is 0 Å². The molecule has 1 saturated heterocycles. The fourth-order valence-corrected chi connectivity index (χ4v) is 5.61. The van der Waals surface area contributed by atoms with E-state index in [1.807, 2.05) is 10.7 Å². The molecule has 0 bridgehead atoms. The van der Waals surface area contributed by atoms with E-state index in [-0.39, 0.29) is 6.04 Å². The number of aromatic nitrogens is 3.